The minimum absolute atomic E-state index is 0.0375. The van der Waals surface area contributed by atoms with Crippen molar-refractivity contribution >= 4 is 15.9 Å². The first-order chi connectivity index (χ1) is 12.8. The minimum atomic E-state index is -3.56. The number of carbonyl (C=O) groups is 1. The molecule has 0 spiro atoms. The number of nitrogens with zero attached hydrogens (tertiary/aromatic N) is 2. The van der Waals surface area contributed by atoms with Crippen LogP contribution in [0.3, 0.4) is 0 Å². The number of sulfonamides is 1. The molecule has 1 fully saturated rings. The molecule has 27 heavy (non-hydrogen) atoms. The van der Waals surface area contributed by atoms with Crippen LogP contribution in [0.1, 0.15) is 16.7 Å². The molecule has 0 saturated carbocycles. The molecule has 2 aromatic carbocycles. The van der Waals surface area contributed by atoms with Gasteiger partial charge in [-0.15, -0.1) is 0 Å². The fraction of sp³-hybridized carbons (Fsp3) is 0.350. The SMILES string of the molecule is Cc1ccc(C)c(S(=O)(=O)N2CCN(C(=O)Cc3ccc(O)cc3)CC2)c1. The molecule has 1 N–H and O–H groups in total. The van der Waals surface area contributed by atoms with Crippen LogP contribution in [0.4, 0.5) is 0 Å². The second kappa shape index (κ2) is 7.70. The molecule has 0 radical (unpaired) electrons. The van der Waals surface area contributed by atoms with Crippen LogP contribution in [-0.2, 0) is 21.2 Å². The summed E-state index contributed by atoms with van der Waals surface area (Å²) in [5.41, 5.74) is 2.46. The Morgan fingerprint density at radius 3 is 2.26 bits per heavy atom. The third-order valence-corrected chi connectivity index (χ3v) is 6.89. The number of phenolic OH excluding ortho intramolecular Hbond substituents is 1. The molecule has 0 aliphatic carbocycles. The van der Waals surface area contributed by atoms with Crippen molar-refractivity contribution in [1.29, 1.82) is 0 Å². The zero-order valence-corrected chi connectivity index (χ0v) is 16.4. The number of benzene rings is 2. The van der Waals surface area contributed by atoms with E-state index in [-0.39, 0.29) is 31.2 Å². The van der Waals surface area contributed by atoms with Crippen LogP contribution in [0.15, 0.2) is 47.4 Å². The Morgan fingerprint density at radius 2 is 1.63 bits per heavy atom. The molecule has 7 heteroatoms. The first-order valence-electron chi connectivity index (χ1n) is 8.90. The van der Waals surface area contributed by atoms with Gasteiger partial charge in [0.2, 0.25) is 15.9 Å². The lowest BCUT2D eigenvalue weighted by molar-refractivity contribution is -0.131. The quantitative estimate of drug-likeness (QED) is 0.870. The van der Waals surface area contributed by atoms with Gasteiger partial charge in [-0.3, -0.25) is 4.79 Å². The normalized spacial score (nSPS) is 15.7. The lowest BCUT2D eigenvalue weighted by Crippen LogP contribution is -2.50. The minimum Gasteiger partial charge on any atom is -0.508 e. The molecule has 6 nitrogen and oxygen atoms in total. The smallest absolute Gasteiger partial charge is 0.243 e. The molecule has 3 rings (SSSR count). The van der Waals surface area contributed by atoms with E-state index < -0.39 is 10.0 Å². The molecule has 1 saturated heterocycles. The van der Waals surface area contributed by atoms with Crippen molar-refractivity contribution in [2.45, 2.75) is 25.2 Å². The summed E-state index contributed by atoms with van der Waals surface area (Å²) in [5, 5.41) is 9.32. The molecule has 1 heterocycles. The van der Waals surface area contributed by atoms with E-state index in [1.54, 1.807) is 42.2 Å². The highest BCUT2D eigenvalue weighted by Gasteiger charge is 2.31. The van der Waals surface area contributed by atoms with Crippen molar-refractivity contribution in [3.8, 4) is 5.75 Å². The van der Waals surface area contributed by atoms with Gasteiger partial charge >= 0.3 is 0 Å². The fourth-order valence-corrected chi connectivity index (χ4v) is 4.93. The molecule has 1 aliphatic heterocycles. The monoisotopic (exact) mass is 388 g/mol. The number of aryl methyl sites for hydroxylation is 2. The third kappa shape index (κ3) is 4.31. The van der Waals surface area contributed by atoms with Crippen molar-refractivity contribution in [3.63, 3.8) is 0 Å². The van der Waals surface area contributed by atoms with Gasteiger partial charge in [-0.25, -0.2) is 8.42 Å². The van der Waals surface area contributed by atoms with E-state index in [2.05, 4.69) is 0 Å². The molecule has 1 aliphatic rings. The Hall–Kier alpha value is -2.38. The number of phenols is 1. The van der Waals surface area contributed by atoms with E-state index >= 15 is 0 Å². The number of hydrogen-bond acceptors (Lipinski definition) is 4. The number of carbonyl (C=O) groups excluding carboxylic acids is 1. The summed E-state index contributed by atoms with van der Waals surface area (Å²) in [7, 11) is -3.56. The molecule has 0 unspecified atom stereocenters. The highest BCUT2D eigenvalue weighted by molar-refractivity contribution is 7.89. The van der Waals surface area contributed by atoms with Crippen LogP contribution < -0.4 is 0 Å². The van der Waals surface area contributed by atoms with Gasteiger partial charge in [0, 0.05) is 26.2 Å². The standard InChI is InChI=1S/C20H24N2O4S/c1-15-3-4-16(2)19(13-15)27(25,26)22-11-9-21(10-12-22)20(24)14-17-5-7-18(23)8-6-17/h3-8,13,23H,9-12,14H2,1-2H3. The average molecular weight is 388 g/mol. The van der Waals surface area contributed by atoms with Crippen molar-refractivity contribution in [2.24, 2.45) is 0 Å². The van der Waals surface area contributed by atoms with Crippen molar-refractivity contribution in [2.75, 3.05) is 26.2 Å². The average Bonchev–Trinajstić information content (AvgIpc) is 2.65. The number of piperazine rings is 1. The van der Waals surface area contributed by atoms with E-state index in [1.165, 1.54) is 4.31 Å². The second-order valence-corrected chi connectivity index (χ2v) is 8.80. The summed E-state index contributed by atoms with van der Waals surface area (Å²) >= 11 is 0. The third-order valence-electron chi connectivity index (χ3n) is 4.84. The summed E-state index contributed by atoms with van der Waals surface area (Å²) in [6.07, 6.45) is 0.240. The van der Waals surface area contributed by atoms with Crippen LogP contribution in [0.2, 0.25) is 0 Å². The molecule has 144 valence electrons. The molecule has 0 aromatic heterocycles. The van der Waals surface area contributed by atoms with E-state index in [0.717, 1.165) is 16.7 Å². The number of aromatic hydroxyl groups is 1. The number of rotatable bonds is 4. The van der Waals surface area contributed by atoms with Crippen molar-refractivity contribution in [3.05, 3.63) is 59.2 Å². The Kier molecular flexibility index (Phi) is 5.53. The van der Waals surface area contributed by atoms with Crippen LogP contribution in [-0.4, -0.2) is 54.8 Å². The molecule has 1 amide bonds. The Bertz CT molecular complexity index is 931. The zero-order chi connectivity index (χ0) is 19.6. The van der Waals surface area contributed by atoms with Gasteiger partial charge in [-0.2, -0.15) is 4.31 Å². The maximum Gasteiger partial charge on any atom is 0.243 e. The molecular formula is C20H24N2O4S. The Labute approximate surface area is 160 Å². The molecule has 0 bridgehead atoms. The highest BCUT2D eigenvalue weighted by atomic mass is 32.2. The van der Waals surface area contributed by atoms with Gasteiger partial charge in [-0.05, 0) is 48.7 Å². The van der Waals surface area contributed by atoms with Gasteiger partial charge in [0.1, 0.15) is 5.75 Å². The van der Waals surface area contributed by atoms with Gasteiger partial charge in [0.25, 0.3) is 0 Å². The maximum atomic E-state index is 13.0. The Balaban J connectivity index is 1.65. The lowest BCUT2D eigenvalue weighted by Gasteiger charge is -2.34. The van der Waals surface area contributed by atoms with Gasteiger partial charge in [0.05, 0.1) is 11.3 Å². The summed E-state index contributed by atoms with van der Waals surface area (Å²) < 4.78 is 27.4. The molecule has 0 atom stereocenters. The van der Waals surface area contributed by atoms with Crippen LogP contribution in [0.5, 0.6) is 5.75 Å². The molecular weight excluding hydrogens is 364 g/mol. The summed E-state index contributed by atoms with van der Waals surface area (Å²) in [4.78, 5) is 14.5. The molecule has 2 aromatic rings. The largest absolute Gasteiger partial charge is 0.508 e. The van der Waals surface area contributed by atoms with E-state index in [4.69, 9.17) is 0 Å². The summed E-state index contributed by atoms with van der Waals surface area (Å²) in [5.74, 6) is 0.126. The zero-order valence-electron chi connectivity index (χ0n) is 15.6. The van der Waals surface area contributed by atoms with E-state index in [0.29, 0.717) is 18.0 Å². The van der Waals surface area contributed by atoms with Crippen molar-refractivity contribution < 1.29 is 18.3 Å². The second-order valence-electron chi connectivity index (χ2n) is 6.90. The van der Waals surface area contributed by atoms with Gasteiger partial charge < -0.3 is 10.0 Å². The van der Waals surface area contributed by atoms with Gasteiger partial charge in [0.15, 0.2) is 0 Å². The summed E-state index contributed by atoms with van der Waals surface area (Å²) in [6, 6.07) is 12.0. The van der Waals surface area contributed by atoms with Gasteiger partial charge in [-0.1, -0.05) is 24.3 Å². The fourth-order valence-electron chi connectivity index (χ4n) is 3.20. The lowest BCUT2D eigenvalue weighted by atomic mass is 10.1. The van der Waals surface area contributed by atoms with Crippen LogP contribution >= 0.6 is 0 Å². The first-order valence-corrected chi connectivity index (χ1v) is 10.3. The van der Waals surface area contributed by atoms with E-state index in [1.807, 2.05) is 19.1 Å². The first kappa shape index (κ1) is 19.4. The predicted molar refractivity (Wildman–Crippen MR) is 103 cm³/mol. The topological polar surface area (TPSA) is 77.9 Å². The van der Waals surface area contributed by atoms with Crippen LogP contribution in [0, 0.1) is 13.8 Å². The summed E-state index contributed by atoms with van der Waals surface area (Å²) in [6.45, 7) is 5.00. The highest BCUT2D eigenvalue weighted by Crippen LogP contribution is 2.22. The van der Waals surface area contributed by atoms with Crippen molar-refractivity contribution in [1.82, 2.24) is 9.21 Å². The number of hydrogen-bond donors (Lipinski definition) is 1. The van der Waals surface area contributed by atoms with E-state index in [9.17, 15) is 18.3 Å². The number of amides is 1. The van der Waals surface area contributed by atoms with Crippen LogP contribution in [0.25, 0.3) is 0 Å². The Morgan fingerprint density at radius 1 is 1.00 bits per heavy atom. The predicted octanol–water partition coefficient (Wildman–Crippen LogP) is 2.08. The maximum absolute atomic E-state index is 13.0.